The zero-order chi connectivity index (χ0) is 31.9. The van der Waals surface area contributed by atoms with Crippen LogP contribution in [0.2, 0.25) is 5.15 Å². The van der Waals surface area contributed by atoms with E-state index in [0.717, 1.165) is 35.9 Å². The molecule has 0 aliphatic carbocycles. The lowest BCUT2D eigenvalue weighted by Crippen LogP contribution is -2.38. The van der Waals surface area contributed by atoms with Crippen LogP contribution in [0.1, 0.15) is 59.0 Å². The second kappa shape index (κ2) is 12.1. The molecule has 1 aliphatic rings. The number of aryl methyl sites for hydroxylation is 2. The Morgan fingerprint density at radius 2 is 1.84 bits per heavy atom. The van der Waals surface area contributed by atoms with Crippen LogP contribution in [0.25, 0.3) is 10.9 Å². The molecule has 0 bridgehead atoms. The minimum Gasteiger partial charge on any atom is -0.480 e. The zero-order valence-corrected chi connectivity index (χ0v) is 27.0. The lowest BCUT2D eigenvalue weighted by molar-refractivity contribution is 0.0977. The second-order valence-electron chi connectivity index (χ2n) is 11.1. The first kappa shape index (κ1) is 31.3. The van der Waals surface area contributed by atoms with Crippen LogP contribution in [0.5, 0.6) is 5.88 Å². The molecule has 0 radical (unpaired) electrons. The SMILES string of the molecule is COc1cc(C2CCN(c3nc4c([C@@H](C)Nc5ccc(Cl)nc5C(=O)NS(C)(=O)=O)cc(C)cc4c(=O)n3C)CC2)n(C)n1. The minimum absolute atomic E-state index is 0.0314. The van der Waals surface area contributed by atoms with E-state index < -0.39 is 22.0 Å². The molecule has 1 saturated heterocycles. The van der Waals surface area contributed by atoms with E-state index in [4.69, 9.17) is 21.3 Å². The van der Waals surface area contributed by atoms with E-state index >= 15 is 0 Å². The summed E-state index contributed by atoms with van der Waals surface area (Å²) in [5, 5.41) is 8.15. The van der Waals surface area contributed by atoms with Crippen molar-refractivity contribution in [3.63, 3.8) is 0 Å². The number of hydrogen-bond acceptors (Lipinski definition) is 10. The third-order valence-electron chi connectivity index (χ3n) is 7.82. The average Bonchev–Trinajstić information content (AvgIpc) is 3.35. The molecule has 234 valence electrons. The number of nitrogens with one attached hydrogen (secondary N) is 2. The number of sulfonamides is 1. The van der Waals surface area contributed by atoms with Gasteiger partial charge in [-0.3, -0.25) is 18.8 Å². The molecule has 5 rings (SSSR count). The van der Waals surface area contributed by atoms with Gasteiger partial charge in [0.15, 0.2) is 5.69 Å². The number of pyridine rings is 1. The predicted molar refractivity (Wildman–Crippen MR) is 169 cm³/mol. The second-order valence-corrected chi connectivity index (χ2v) is 13.3. The number of aromatic nitrogens is 5. The van der Waals surface area contributed by atoms with Gasteiger partial charge < -0.3 is 15.0 Å². The van der Waals surface area contributed by atoms with Gasteiger partial charge in [-0.1, -0.05) is 17.7 Å². The number of methoxy groups -OCH3 is 1. The van der Waals surface area contributed by atoms with Crippen molar-refractivity contribution in [2.45, 2.75) is 38.6 Å². The van der Waals surface area contributed by atoms with Crippen LogP contribution in [0, 0.1) is 6.92 Å². The van der Waals surface area contributed by atoms with Crippen molar-refractivity contribution in [1.29, 1.82) is 0 Å². The van der Waals surface area contributed by atoms with E-state index in [1.54, 1.807) is 24.8 Å². The number of rotatable bonds is 8. The number of carbonyl (C=O) groups excluding carboxylic acids is 1. The van der Waals surface area contributed by atoms with Gasteiger partial charge in [-0.25, -0.2) is 23.1 Å². The van der Waals surface area contributed by atoms with E-state index in [1.165, 1.54) is 6.07 Å². The number of ether oxygens (including phenoxy) is 1. The van der Waals surface area contributed by atoms with Crippen molar-refractivity contribution in [3.8, 4) is 5.88 Å². The number of carbonyl (C=O) groups is 1. The Balaban J connectivity index is 1.48. The summed E-state index contributed by atoms with van der Waals surface area (Å²) in [6.45, 7) is 5.17. The molecule has 15 heteroatoms. The Morgan fingerprint density at radius 3 is 2.48 bits per heavy atom. The maximum absolute atomic E-state index is 13.7. The fourth-order valence-corrected chi connectivity index (χ4v) is 6.30. The van der Waals surface area contributed by atoms with E-state index in [0.29, 0.717) is 41.7 Å². The number of hydrogen-bond donors (Lipinski definition) is 2. The number of halogens is 1. The largest absolute Gasteiger partial charge is 0.480 e. The lowest BCUT2D eigenvalue weighted by atomic mass is 9.93. The topological polar surface area (TPSA) is 153 Å². The lowest BCUT2D eigenvalue weighted by Gasteiger charge is -2.33. The van der Waals surface area contributed by atoms with Gasteiger partial charge >= 0.3 is 0 Å². The molecule has 44 heavy (non-hydrogen) atoms. The van der Waals surface area contributed by atoms with Gasteiger partial charge in [0.25, 0.3) is 11.5 Å². The van der Waals surface area contributed by atoms with Crippen molar-refractivity contribution in [2.75, 3.05) is 36.7 Å². The van der Waals surface area contributed by atoms with Crippen LogP contribution in [-0.4, -0.2) is 65.1 Å². The molecule has 0 unspecified atom stereocenters. The van der Waals surface area contributed by atoms with Gasteiger partial charge in [0.1, 0.15) is 5.15 Å². The molecule has 0 spiro atoms. The molecule has 2 N–H and O–H groups in total. The monoisotopic (exact) mass is 642 g/mol. The molecule has 1 atom stereocenters. The van der Waals surface area contributed by atoms with Gasteiger partial charge in [-0.2, -0.15) is 0 Å². The van der Waals surface area contributed by atoms with Crippen molar-refractivity contribution in [3.05, 3.63) is 68.4 Å². The van der Waals surface area contributed by atoms with Gasteiger partial charge in [-0.15, -0.1) is 5.10 Å². The zero-order valence-electron chi connectivity index (χ0n) is 25.4. The third kappa shape index (κ3) is 6.36. The molecule has 0 saturated carbocycles. The van der Waals surface area contributed by atoms with Crippen molar-refractivity contribution in [1.82, 2.24) is 29.0 Å². The van der Waals surface area contributed by atoms with Crippen molar-refractivity contribution < 1.29 is 17.9 Å². The Labute approximate surface area is 260 Å². The highest BCUT2D eigenvalue weighted by Gasteiger charge is 2.27. The maximum Gasteiger partial charge on any atom is 0.285 e. The normalized spacial score (nSPS) is 14.9. The summed E-state index contributed by atoms with van der Waals surface area (Å²) in [5.41, 5.74) is 3.18. The Kier molecular flexibility index (Phi) is 8.58. The first-order valence-electron chi connectivity index (χ1n) is 14.0. The van der Waals surface area contributed by atoms with E-state index in [1.807, 2.05) is 48.5 Å². The highest BCUT2D eigenvalue weighted by atomic mass is 35.5. The Bertz CT molecular complexity index is 1920. The van der Waals surface area contributed by atoms with Crippen molar-refractivity contribution in [2.24, 2.45) is 14.1 Å². The van der Waals surface area contributed by atoms with Gasteiger partial charge in [0, 0.05) is 50.4 Å². The van der Waals surface area contributed by atoms with Crippen LogP contribution in [0.3, 0.4) is 0 Å². The van der Waals surface area contributed by atoms with Crippen LogP contribution >= 0.6 is 11.6 Å². The number of amides is 1. The van der Waals surface area contributed by atoms with Crippen LogP contribution < -0.4 is 25.2 Å². The molecule has 4 heterocycles. The van der Waals surface area contributed by atoms with Gasteiger partial charge in [0.05, 0.1) is 36.0 Å². The average molecular weight is 643 g/mol. The molecular formula is C29H35ClN8O5S. The van der Waals surface area contributed by atoms with E-state index in [-0.39, 0.29) is 22.1 Å². The van der Waals surface area contributed by atoms with Gasteiger partial charge in [-0.05, 0) is 50.5 Å². The van der Waals surface area contributed by atoms with Crippen molar-refractivity contribution >= 4 is 50.1 Å². The summed E-state index contributed by atoms with van der Waals surface area (Å²) in [6.07, 6.45) is 2.60. The first-order valence-corrected chi connectivity index (χ1v) is 16.3. The standard InChI is InChI=1S/C29H35ClN8O5S/c1-16-13-19(17(2)31-21-7-8-23(30)32-26(21)27(39)35-44(6,41)42)25-20(14-16)28(40)36(3)29(33-25)38-11-9-18(10-12-38)22-15-24(43-5)34-37(22)4/h7-8,13-15,17-18,31H,9-12H2,1-6H3,(H,35,39)/t17-/m1/s1. The highest BCUT2D eigenvalue weighted by molar-refractivity contribution is 7.89. The third-order valence-corrected chi connectivity index (χ3v) is 8.59. The minimum atomic E-state index is -3.83. The summed E-state index contributed by atoms with van der Waals surface area (Å²) >= 11 is 6.04. The number of anilines is 2. The van der Waals surface area contributed by atoms with E-state index in [9.17, 15) is 18.0 Å². The van der Waals surface area contributed by atoms with E-state index in [2.05, 4.69) is 20.3 Å². The molecule has 1 fully saturated rings. The molecule has 1 aliphatic heterocycles. The molecule has 4 aromatic rings. The summed E-state index contributed by atoms with van der Waals surface area (Å²) in [6, 6.07) is 8.34. The fraction of sp³-hybridized carbons (Fsp3) is 0.414. The Hall–Kier alpha value is -4.17. The fourth-order valence-electron chi connectivity index (χ4n) is 5.72. The summed E-state index contributed by atoms with van der Waals surface area (Å²) in [5.74, 6) is 0.546. The summed E-state index contributed by atoms with van der Waals surface area (Å²) < 4.78 is 34.1. The van der Waals surface area contributed by atoms with Crippen LogP contribution in [0.4, 0.5) is 11.6 Å². The summed E-state index contributed by atoms with van der Waals surface area (Å²) in [7, 11) is 1.42. The summed E-state index contributed by atoms with van der Waals surface area (Å²) in [4.78, 5) is 37.6. The van der Waals surface area contributed by atoms with Crippen LogP contribution in [-0.2, 0) is 24.1 Å². The number of nitrogens with zero attached hydrogens (tertiary/aromatic N) is 6. The smallest absolute Gasteiger partial charge is 0.285 e. The van der Waals surface area contributed by atoms with Crippen LogP contribution in [0.15, 0.2) is 35.1 Å². The molecule has 1 amide bonds. The number of fused-ring (bicyclic) bond motifs is 1. The maximum atomic E-state index is 13.7. The quantitative estimate of drug-likeness (QED) is 0.274. The highest BCUT2D eigenvalue weighted by Crippen LogP contribution is 2.33. The number of piperidine rings is 1. The molecule has 13 nitrogen and oxygen atoms in total. The molecular weight excluding hydrogens is 608 g/mol. The number of benzene rings is 1. The molecule has 1 aromatic carbocycles. The van der Waals surface area contributed by atoms with Gasteiger partial charge in [0.2, 0.25) is 21.9 Å². The first-order chi connectivity index (χ1) is 20.8. The Morgan fingerprint density at radius 1 is 1.14 bits per heavy atom. The molecule has 3 aromatic heterocycles. The predicted octanol–water partition coefficient (Wildman–Crippen LogP) is 3.28.